The Balaban J connectivity index is 1.97. The van der Waals surface area contributed by atoms with Crippen LogP contribution in [0, 0.1) is 0 Å². The van der Waals surface area contributed by atoms with E-state index in [1.54, 1.807) is 6.92 Å². The van der Waals surface area contributed by atoms with Crippen molar-refractivity contribution < 1.29 is 4.79 Å². The van der Waals surface area contributed by atoms with Gasteiger partial charge in [-0.3, -0.25) is 9.69 Å². The number of hydrogen-bond donors (Lipinski definition) is 0. The number of hydrogen-bond acceptors (Lipinski definition) is 2. The number of carbonyl (C=O) groups excluding carboxylic acids is 1. The molecule has 0 aromatic heterocycles. The maximum atomic E-state index is 11.9. The van der Waals surface area contributed by atoms with Gasteiger partial charge in [-0.15, -0.1) is 0 Å². The molecule has 1 aromatic rings. The van der Waals surface area contributed by atoms with E-state index in [0.29, 0.717) is 6.04 Å². The monoisotopic (exact) mass is 272 g/mol. The van der Waals surface area contributed by atoms with Crippen molar-refractivity contribution in [2.45, 2.75) is 44.7 Å². The average Bonchev–Trinajstić information content (AvgIpc) is 2.99. The SMILES string of the molecule is CC(=O)N(C)[C@H]1c2ccccc2CC[C@@H]1N1CCCC1. The summed E-state index contributed by atoms with van der Waals surface area (Å²) in [7, 11) is 1.96. The zero-order chi connectivity index (χ0) is 14.1. The van der Waals surface area contributed by atoms with Crippen molar-refractivity contribution in [3.8, 4) is 0 Å². The van der Waals surface area contributed by atoms with Crippen LogP contribution in [0.3, 0.4) is 0 Å². The molecule has 1 aliphatic carbocycles. The standard InChI is InChI=1S/C17H24N2O/c1-13(20)18(2)17-15-8-4-3-7-14(15)9-10-16(17)19-11-5-6-12-19/h3-4,7-8,16-17H,5-6,9-12H2,1-2H3/t16-,17-/m0/s1. The Kier molecular flexibility index (Phi) is 3.79. The fraction of sp³-hybridized carbons (Fsp3) is 0.588. The Morgan fingerprint density at radius 1 is 1.25 bits per heavy atom. The summed E-state index contributed by atoms with van der Waals surface area (Å²) >= 11 is 0. The smallest absolute Gasteiger partial charge is 0.219 e. The summed E-state index contributed by atoms with van der Waals surface area (Å²) in [6.45, 7) is 4.06. The molecule has 1 aromatic carbocycles. The van der Waals surface area contributed by atoms with E-state index in [-0.39, 0.29) is 11.9 Å². The molecule has 0 saturated carbocycles. The van der Waals surface area contributed by atoms with Crippen LogP contribution in [0.4, 0.5) is 0 Å². The van der Waals surface area contributed by atoms with Crippen molar-refractivity contribution in [2.75, 3.05) is 20.1 Å². The van der Waals surface area contributed by atoms with E-state index >= 15 is 0 Å². The van der Waals surface area contributed by atoms with Gasteiger partial charge in [0.25, 0.3) is 0 Å². The van der Waals surface area contributed by atoms with Crippen molar-refractivity contribution in [1.82, 2.24) is 9.80 Å². The van der Waals surface area contributed by atoms with Crippen molar-refractivity contribution in [3.63, 3.8) is 0 Å². The number of carbonyl (C=O) groups is 1. The fourth-order valence-electron chi connectivity index (χ4n) is 3.84. The first-order valence-corrected chi connectivity index (χ1v) is 7.73. The molecule has 1 saturated heterocycles. The van der Waals surface area contributed by atoms with Crippen LogP contribution in [-0.4, -0.2) is 41.9 Å². The number of fused-ring (bicyclic) bond motifs is 1. The number of benzene rings is 1. The molecular formula is C17H24N2O. The minimum atomic E-state index is 0.163. The summed E-state index contributed by atoms with van der Waals surface area (Å²) in [5, 5.41) is 0. The second kappa shape index (κ2) is 5.57. The maximum Gasteiger partial charge on any atom is 0.219 e. The van der Waals surface area contributed by atoms with Gasteiger partial charge in [0.15, 0.2) is 0 Å². The van der Waals surface area contributed by atoms with Crippen molar-refractivity contribution >= 4 is 5.91 Å². The minimum absolute atomic E-state index is 0.163. The second-order valence-electron chi connectivity index (χ2n) is 6.12. The Labute approximate surface area is 121 Å². The molecule has 0 unspecified atom stereocenters. The van der Waals surface area contributed by atoms with E-state index in [9.17, 15) is 4.79 Å². The molecule has 3 rings (SSSR count). The second-order valence-corrected chi connectivity index (χ2v) is 6.12. The predicted molar refractivity (Wildman–Crippen MR) is 80.5 cm³/mol. The van der Waals surface area contributed by atoms with Gasteiger partial charge in [-0.1, -0.05) is 24.3 Å². The van der Waals surface area contributed by atoms with Crippen LogP contribution in [0.15, 0.2) is 24.3 Å². The average molecular weight is 272 g/mol. The third kappa shape index (κ3) is 2.35. The molecule has 1 amide bonds. The first-order chi connectivity index (χ1) is 9.68. The molecule has 0 radical (unpaired) electrons. The third-order valence-electron chi connectivity index (χ3n) is 4.97. The molecule has 3 heteroatoms. The van der Waals surface area contributed by atoms with E-state index in [2.05, 4.69) is 29.2 Å². The van der Waals surface area contributed by atoms with Crippen LogP contribution >= 0.6 is 0 Å². The topological polar surface area (TPSA) is 23.6 Å². The van der Waals surface area contributed by atoms with Crippen LogP contribution < -0.4 is 0 Å². The lowest BCUT2D eigenvalue weighted by Gasteiger charge is -2.43. The number of rotatable bonds is 2. The molecule has 1 aliphatic heterocycles. The number of amides is 1. The molecule has 20 heavy (non-hydrogen) atoms. The quantitative estimate of drug-likeness (QED) is 0.826. The zero-order valence-corrected chi connectivity index (χ0v) is 12.5. The summed E-state index contributed by atoms with van der Waals surface area (Å²) in [4.78, 5) is 16.5. The summed E-state index contributed by atoms with van der Waals surface area (Å²) in [5.74, 6) is 0.163. The Bertz CT molecular complexity index is 494. The first-order valence-electron chi connectivity index (χ1n) is 7.73. The van der Waals surface area contributed by atoms with Crippen LogP contribution in [0.1, 0.15) is 43.4 Å². The highest BCUT2D eigenvalue weighted by molar-refractivity contribution is 5.73. The Morgan fingerprint density at radius 2 is 1.95 bits per heavy atom. The molecule has 0 N–H and O–H groups in total. The summed E-state index contributed by atoms with van der Waals surface area (Å²) in [5.41, 5.74) is 2.77. The van der Waals surface area contributed by atoms with Gasteiger partial charge >= 0.3 is 0 Å². The fourth-order valence-corrected chi connectivity index (χ4v) is 3.84. The first kappa shape index (κ1) is 13.6. The Morgan fingerprint density at radius 3 is 2.65 bits per heavy atom. The molecule has 3 nitrogen and oxygen atoms in total. The highest BCUT2D eigenvalue weighted by Gasteiger charge is 2.37. The lowest BCUT2D eigenvalue weighted by molar-refractivity contribution is -0.131. The van der Waals surface area contributed by atoms with Crippen LogP contribution in [-0.2, 0) is 11.2 Å². The van der Waals surface area contributed by atoms with Crippen LogP contribution in [0.2, 0.25) is 0 Å². The van der Waals surface area contributed by atoms with Crippen LogP contribution in [0.25, 0.3) is 0 Å². The third-order valence-corrected chi connectivity index (χ3v) is 4.97. The van der Waals surface area contributed by atoms with Crippen LogP contribution in [0.5, 0.6) is 0 Å². The molecule has 1 heterocycles. The molecule has 0 bridgehead atoms. The summed E-state index contributed by atoms with van der Waals surface area (Å²) < 4.78 is 0. The van der Waals surface area contributed by atoms with E-state index in [0.717, 1.165) is 6.42 Å². The lowest BCUT2D eigenvalue weighted by atomic mass is 9.82. The van der Waals surface area contributed by atoms with E-state index in [1.165, 1.54) is 43.5 Å². The van der Waals surface area contributed by atoms with E-state index in [1.807, 2.05) is 11.9 Å². The Hall–Kier alpha value is -1.35. The minimum Gasteiger partial charge on any atom is -0.337 e. The molecule has 2 atom stereocenters. The highest BCUT2D eigenvalue weighted by atomic mass is 16.2. The van der Waals surface area contributed by atoms with Gasteiger partial charge in [0.2, 0.25) is 5.91 Å². The number of likely N-dealkylation sites (tertiary alicyclic amines) is 1. The normalized spacial score (nSPS) is 26.3. The molecular weight excluding hydrogens is 248 g/mol. The van der Waals surface area contributed by atoms with Gasteiger partial charge in [0.1, 0.15) is 0 Å². The lowest BCUT2D eigenvalue weighted by Crippen LogP contribution is -2.47. The largest absolute Gasteiger partial charge is 0.337 e. The van der Waals surface area contributed by atoms with E-state index in [4.69, 9.17) is 0 Å². The predicted octanol–water partition coefficient (Wildman–Crippen LogP) is 2.62. The molecule has 1 fully saturated rings. The van der Waals surface area contributed by atoms with Gasteiger partial charge in [0.05, 0.1) is 6.04 Å². The number of likely N-dealkylation sites (N-methyl/N-ethyl adjacent to an activating group) is 1. The van der Waals surface area contributed by atoms with Gasteiger partial charge in [-0.2, -0.15) is 0 Å². The summed E-state index contributed by atoms with van der Waals surface area (Å²) in [6, 6.07) is 9.35. The maximum absolute atomic E-state index is 11.9. The zero-order valence-electron chi connectivity index (χ0n) is 12.5. The van der Waals surface area contributed by atoms with Crippen molar-refractivity contribution in [3.05, 3.63) is 35.4 Å². The number of aryl methyl sites for hydroxylation is 1. The summed E-state index contributed by atoms with van der Waals surface area (Å²) in [6.07, 6.45) is 4.90. The molecule has 108 valence electrons. The van der Waals surface area contributed by atoms with Gasteiger partial charge in [-0.05, 0) is 49.9 Å². The van der Waals surface area contributed by atoms with Crippen molar-refractivity contribution in [1.29, 1.82) is 0 Å². The van der Waals surface area contributed by atoms with Gasteiger partial charge < -0.3 is 4.90 Å². The van der Waals surface area contributed by atoms with Gasteiger partial charge in [-0.25, -0.2) is 0 Å². The highest BCUT2D eigenvalue weighted by Crippen LogP contribution is 2.37. The van der Waals surface area contributed by atoms with Crippen molar-refractivity contribution in [2.24, 2.45) is 0 Å². The number of nitrogens with zero attached hydrogens (tertiary/aromatic N) is 2. The molecule has 2 aliphatic rings. The van der Waals surface area contributed by atoms with E-state index < -0.39 is 0 Å². The molecule has 0 spiro atoms. The van der Waals surface area contributed by atoms with Gasteiger partial charge in [0, 0.05) is 20.0 Å².